The van der Waals surface area contributed by atoms with Crippen LogP contribution in [0.1, 0.15) is 40.4 Å². The van der Waals surface area contributed by atoms with E-state index in [9.17, 15) is 13.5 Å². The second kappa shape index (κ2) is 9.33. The number of hydrogen-bond donors (Lipinski definition) is 1. The average molecular weight is 533 g/mol. The van der Waals surface area contributed by atoms with Gasteiger partial charge < -0.3 is 5.11 Å². The lowest BCUT2D eigenvalue weighted by Crippen LogP contribution is -2.42. The van der Waals surface area contributed by atoms with Gasteiger partial charge in [0.15, 0.2) is 14.9 Å². The molecule has 33 heavy (non-hydrogen) atoms. The van der Waals surface area contributed by atoms with Crippen molar-refractivity contribution in [2.45, 2.75) is 57.8 Å². The van der Waals surface area contributed by atoms with Crippen LogP contribution in [0.3, 0.4) is 0 Å². The topological polar surface area (TPSA) is 75.4 Å². The van der Waals surface area contributed by atoms with Gasteiger partial charge in [-0.05, 0) is 61.1 Å². The fourth-order valence-electron chi connectivity index (χ4n) is 4.90. The Morgan fingerprint density at radius 3 is 2.36 bits per heavy atom. The molecule has 1 aliphatic heterocycles. The number of benzene rings is 2. The second-order valence-electron chi connectivity index (χ2n) is 8.87. The van der Waals surface area contributed by atoms with E-state index < -0.39 is 9.84 Å². The van der Waals surface area contributed by atoms with Crippen molar-refractivity contribution in [1.82, 2.24) is 14.7 Å². The summed E-state index contributed by atoms with van der Waals surface area (Å²) in [6.45, 7) is 7.03. The Hall–Kier alpha value is -2.00. The molecule has 0 bridgehead atoms. The maximum Gasteiger partial charge on any atom is 0.193 e. The van der Waals surface area contributed by atoms with Gasteiger partial charge in [-0.3, -0.25) is 4.90 Å². The smallest absolute Gasteiger partial charge is 0.193 e. The van der Waals surface area contributed by atoms with Gasteiger partial charge in [-0.25, -0.2) is 13.1 Å². The van der Waals surface area contributed by atoms with E-state index in [1.54, 1.807) is 4.68 Å². The van der Waals surface area contributed by atoms with Crippen molar-refractivity contribution in [3.63, 3.8) is 0 Å². The Morgan fingerprint density at radius 1 is 1.15 bits per heavy atom. The van der Waals surface area contributed by atoms with Gasteiger partial charge >= 0.3 is 0 Å². The SMILES string of the molecule is CCc1nn(-c2c(C)cc(Br)cc2C)c(S(C)(=O)=O)c1CN1Cc2ccccc2CC1CO. The predicted molar refractivity (Wildman–Crippen MR) is 133 cm³/mol. The van der Waals surface area contributed by atoms with Crippen LogP contribution in [0, 0.1) is 13.8 Å². The number of fused-ring (bicyclic) bond motifs is 1. The van der Waals surface area contributed by atoms with E-state index in [0.29, 0.717) is 19.5 Å². The summed E-state index contributed by atoms with van der Waals surface area (Å²) in [6.07, 6.45) is 2.61. The van der Waals surface area contributed by atoms with Gasteiger partial charge in [0.1, 0.15) is 0 Å². The highest BCUT2D eigenvalue weighted by molar-refractivity contribution is 9.10. The molecule has 0 spiro atoms. The molecule has 3 aromatic rings. The Balaban J connectivity index is 1.86. The molecule has 1 aromatic heterocycles. The summed E-state index contributed by atoms with van der Waals surface area (Å²) in [5.74, 6) is 0. The van der Waals surface area contributed by atoms with Crippen LogP contribution in [0.25, 0.3) is 5.69 Å². The van der Waals surface area contributed by atoms with Crippen LogP contribution < -0.4 is 0 Å². The van der Waals surface area contributed by atoms with Gasteiger partial charge in [0, 0.05) is 35.4 Å². The molecule has 0 radical (unpaired) electrons. The van der Waals surface area contributed by atoms with E-state index in [0.717, 1.165) is 39.0 Å². The first-order valence-corrected chi connectivity index (χ1v) is 13.8. The number of rotatable bonds is 6. The van der Waals surface area contributed by atoms with Crippen LogP contribution in [-0.2, 0) is 35.8 Å². The summed E-state index contributed by atoms with van der Waals surface area (Å²) < 4.78 is 28.8. The second-order valence-corrected chi connectivity index (χ2v) is 11.7. The van der Waals surface area contributed by atoms with Gasteiger partial charge in [-0.2, -0.15) is 5.10 Å². The van der Waals surface area contributed by atoms with Gasteiger partial charge in [0.05, 0.1) is 18.0 Å². The van der Waals surface area contributed by atoms with Crippen LogP contribution in [0.15, 0.2) is 45.9 Å². The molecular formula is C25H30BrN3O3S. The van der Waals surface area contributed by atoms with Crippen molar-refractivity contribution < 1.29 is 13.5 Å². The molecule has 2 heterocycles. The number of nitrogens with zero attached hydrogens (tertiary/aromatic N) is 3. The summed E-state index contributed by atoms with van der Waals surface area (Å²) in [5.41, 5.74) is 6.64. The van der Waals surface area contributed by atoms with Crippen LogP contribution >= 0.6 is 15.9 Å². The zero-order valence-corrected chi connectivity index (χ0v) is 21.9. The minimum atomic E-state index is -3.58. The first-order chi connectivity index (χ1) is 15.6. The zero-order valence-electron chi connectivity index (χ0n) is 19.5. The average Bonchev–Trinajstić information content (AvgIpc) is 3.10. The van der Waals surface area contributed by atoms with E-state index in [2.05, 4.69) is 33.0 Å². The van der Waals surface area contributed by atoms with E-state index in [-0.39, 0.29) is 17.7 Å². The first kappa shape index (κ1) is 24.1. The molecule has 0 fully saturated rings. The molecule has 176 valence electrons. The minimum Gasteiger partial charge on any atom is -0.395 e. The van der Waals surface area contributed by atoms with Crippen molar-refractivity contribution in [3.8, 4) is 5.69 Å². The van der Waals surface area contributed by atoms with Crippen LogP contribution in [0.5, 0.6) is 0 Å². The summed E-state index contributed by atoms with van der Waals surface area (Å²) in [6, 6.07) is 12.1. The van der Waals surface area contributed by atoms with Crippen LogP contribution in [0.4, 0.5) is 0 Å². The molecular weight excluding hydrogens is 502 g/mol. The maximum absolute atomic E-state index is 13.1. The molecule has 2 aromatic carbocycles. The molecule has 6 nitrogen and oxygen atoms in total. The van der Waals surface area contributed by atoms with Crippen molar-refractivity contribution in [2.75, 3.05) is 12.9 Å². The van der Waals surface area contributed by atoms with E-state index >= 15 is 0 Å². The van der Waals surface area contributed by atoms with Gasteiger partial charge in [0.2, 0.25) is 0 Å². The van der Waals surface area contributed by atoms with Crippen LogP contribution in [-0.4, -0.2) is 47.1 Å². The third-order valence-electron chi connectivity index (χ3n) is 6.41. The fourth-order valence-corrected chi connectivity index (χ4v) is 6.66. The molecule has 0 aliphatic carbocycles. The van der Waals surface area contributed by atoms with Crippen molar-refractivity contribution in [2.24, 2.45) is 0 Å². The number of sulfone groups is 1. The molecule has 0 amide bonds. The maximum atomic E-state index is 13.1. The summed E-state index contributed by atoms with van der Waals surface area (Å²) >= 11 is 3.53. The van der Waals surface area contributed by atoms with Gasteiger partial charge in [0.25, 0.3) is 0 Å². The third-order valence-corrected chi connectivity index (χ3v) is 7.99. The number of halogens is 1. The number of hydrogen-bond acceptors (Lipinski definition) is 5. The number of aromatic nitrogens is 2. The summed E-state index contributed by atoms with van der Waals surface area (Å²) in [7, 11) is -3.58. The normalized spacial score (nSPS) is 16.7. The largest absolute Gasteiger partial charge is 0.395 e. The quantitative estimate of drug-likeness (QED) is 0.517. The van der Waals surface area contributed by atoms with Gasteiger partial charge in [-0.15, -0.1) is 0 Å². The van der Waals surface area contributed by atoms with Crippen LogP contribution in [0.2, 0.25) is 0 Å². The van der Waals surface area contributed by atoms with E-state index in [1.807, 2.05) is 45.0 Å². The predicted octanol–water partition coefficient (Wildman–Crippen LogP) is 4.14. The Morgan fingerprint density at radius 2 is 1.79 bits per heavy atom. The molecule has 1 N–H and O–H groups in total. The molecule has 1 unspecified atom stereocenters. The van der Waals surface area contributed by atoms with Gasteiger partial charge in [-0.1, -0.05) is 47.1 Å². The fraction of sp³-hybridized carbons (Fsp3) is 0.400. The highest BCUT2D eigenvalue weighted by atomic mass is 79.9. The number of aliphatic hydroxyl groups is 1. The molecule has 8 heteroatoms. The molecule has 1 aliphatic rings. The molecule has 0 saturated carbocycles. The highest BCUT2D eigenvalue weighted by Crippen LogP contribution is 2.32. The lowest BCUT2D eigenvalue weighted by Gasteiger charge is -2.36. The lowest BCUT2D eigenvalue weighted by molar-refractivity contribution is 0.0986. The van der Waals surface area contributed by atoms with Crippen molar-refractivity contribution in [1.29, 1.82) is 0 Å². The zero-order chi connectivity index (χ0) is 23.9. The Labute approximate surface area is 204 Å². The van der Waals surface area contributed by atoms with Crippen molar-refractivity contribution >= 4 is 25.8 Å². The highest BCUT2D eigenvalue weighted by Gasteiger charge is 2.32. The van der Waals surface area contributed by atoms with E-state index in [1.165, 1.54) is 17.4 Å². The first-order valence-electron chi connectivity index (χ1n) is 11.1. The lowest BCUT2D eigenvalue weighted by atomic mass is 9.94. The number of aryl methyl sites for hydroxylation is 3. The molecule has 1 atom stereocenters. The monoisotopic (exact) mass is 531 g/mol. The third kappa shape index (κ3) is 4.67. The number of aliphatic hydroxyl groups excluding tert-OH is 1. The molecule has 0 saturated heterocycles. The summed E-state index contributed by atoms with van der Waals surface area (Å²) in [5, 5.41) is 15.2. The van der Waals surface area contributed by atoms with Crippen molar-refractivity contribution in [3.05, 3.63) is 74.4 Å². The Bertz CT molecular complexity index is 1280. The molecule has 4 rings (SSSR count). The minimum absolute atomic E-state index is 0.0169. The standard InChI is InChI=1S/C25H30BrN3O3S/c1-5-23-22(14-28-13-19-9-7-6-8-18(19)12-21(28)15-30)25(33(4,31)32)29(27-23)24-16(2)10-20(26)11-17(24)3/h6-11,21,30H,5,12-15H2,1-4H3. The summed E-state index contributed by atoms with van der Waals surface area (Å²) in [4.78, 5) is 2.18. The Kier molecular flexibility index (Phi) is 6.82. The van der Waals surface area contributed by atoms with E-state index in [4.69, 9.17) is 5.10 Å².